The number of carbonyl (C=O) groups excluding carboxylic acids is 1. The molecule has 0 aliphatic heterocycles. The van der Waals surface area contributed by atoms with Crippen LogP contribution < -0.4 is 10.6 Å². The maximum absolute atomic E-state index is 11.7. The average molecular weight is 341 g/mol. The lowest BCUT2D eigenvalue weighted by Gasteiger charge is -2.07. The predicted octanol–water partition coefficient (Wildman–Crippen LogP) is 3.82. The lowest BCUT2D eigenvalue weighted by molar-refractivity contribution is 0.251. The predicted molar refractivity (Wildman–Crippen MR) is 79.2 cm³/mol. The van der Waals surface area contributed by atoms with Crippen molar-refractivity contribution in [1.29, 1.82) is 0 Å². The Labute approximate surface area is 124 Å². The fourth-order valence-corrected chi connectivity index (χ4v) is 1.88. The highest BCUT2D eigenvalue weighted by atomic mass is 79.9. The molecule has 0 aliphatic rings. The maximum Gasteiger partial charge on any atom is 0.320 e. The Morgan fingerprint density at radius 2 is 2.00 bits per heavy atom. The highest BCUT2D eigenvalue weighted by Crippen LogP contribution is 2.12. The van der Waals surface area contributed by atoms with Gasteiger partial charge in [0.2, 0.25) is 0 Å². The van der Waals surface area contributed by atoms with E-state index < -0.39 is 0 Å². The first-order valence-electron chi connectivity index (χ1n) is 5.54. The number of aromatic nitrogens is 1. The summed E-state index contributed by atoms with van der Waals surface area (Å²) < 4.78 is 0.857. The van der Waals surface area contributed by atoms with E-state index in [1.165, 1.54) is 0 Å². The van der Waals surface area contributed by atoms with Crippen LogP contribution in [0.4, 0.5) is 10.6 Å². The van der Waals surface area contributed by atoms with Crippen LogP contribution in [0.15, 0.2) is 47.1 Å². The summed E-state index contributed by atoms with van der Waals surface area (Å²) in [6, 6.07) is 10.5. The summed E-state index contributed by atoms with van der Waals surface area (Å²) in [5, 5.41) is 6.06. The van der Waals surface area contributed by atoms with Gasteiger partial charge in [-0.15, -0.1) is 0 Å². The van der Waals surface area contributed by atoms with Gasteiger partial charge in [-0.2, -0.15) is 0 Å². The van der Waals surface area contributed by atoms with Crippen LogP contribution in [0, 0.1) is 0 Å². The first-order valence-corrected chi connectivity index (χ1v) is 6.71. The third kappa shape index (κ3) is 4.54. The van der Waals surface area contributed by atoms with Gasteiger partial charge in [-0.25, -0.2) is 9.78 Å². The van der Waals surface area contributed by atoms with Crippen LogP contribution in [0.25, 0.3) is 0 Å². The molecule has 0 saturated carbocycles. The SMILES string of the molecule is O=C(NCc1ccc(Cl)cc1)Nc1cc(Br)ccn1. The summed E-state index contributed by atoms with van der Waals surface area (Å²) in [6.45, 7) is 0.428. The second-order valence-corrected chi connectivity index (χ2v) is 5.15. The zero-order valence-electron chi connectivity index (χ0n) is 9.86. The number of nitrogens with zero attached hydrogens (tertiary/aromatic N) is 1. The zero-order valence-corrected chi connectivity index (χ0v) is 12.2. The molecule has 19 heavy (non-hydrogen) atoms. The number of hydrogen-bond acceptors (Lipinski definition) is 2. The molecule has 1 heterocycles. The second kappa shape index (κ2) is 6.54. The Kier molecular flexibility index (Phi) is 4.76. The molecule has 2 amide bonds. The molecule has 4 nitrogen and oxygen atoms in total. The van der Waals surface area contributed by atoms with Gasteiger partial charge < -0.3 is 5.32 Å². The van der Waals surface area contributed by atoms with E-state index in [-0.39, 0.29) is 6.03 Å². The molecular weight excluding hydrogens is 330 g/mol. The number of urea groups is 1. The quantitative estimate of drug-likeness (QED) is 0.892. The van der Waals surface area contributed by atoms with Crippen molar-refractivity contribution >= 4 is 39.4 Å². The maximum atomic E-state index is 11.7. The molecule has 2 rings (SSSR count). The minimum absolute atomic E-state index is 0.305. The minimum atomic E-state index is -0.305. The molecule has 0 radical (unpaired) electrons. The number of carbonyl (C=O) groups is 1. The van der Waals surface area contributed by atoms with Gasteiger partial charge in [0.25, 0.3) is 0 Å². The molecule has 1 aromatic carbocycles. The summed E-state index contributed by atoms with van der Waals surface area (Å²) in [7, 11) is 0. The molecule has 0 unspecified atom stereocenters. The molecule has 1 aromatic heterocycles. The van der Waals surface area contributed by atoms with Crippen LogP contribution >= 0.6 is 27.5 Å². The molecule has 0 atom stereocenters. The van der Waals surface area contributed by atoms with E-state index in [4.69, 9.17) is 11.6 Å². The number of rotatable bonds is 3. The van der Waals surface area contributed by atoms with Crippen molar-refractivity contribution in [2.45, 2.75) is 6.54 Å². The molecule has 0 aliphatic carbocycles. The molecule has 0 bridgehead atoms. The van der Waals surface area contributed by atoms with Gasteiger partial charge in [0.05, 0.1) is 0 Å². The zero-order chi connectivity index (χ0) is 13.7. The van der Waals surface area contributed by atoms with Gasteiger partial charge in [0.15, 0.2) is 0 Å². The standard InChI is InChI=1S/C13H11BrClN3O/c14-10-5-6-16-12(7-10)18-13(19)17-8-9-1-3-11(15)4-2-9/h1-7H,8H2,(H2,16,17,18,19). The molecule has 0 fully saturated rings. The van der Waals surface area contributed by atoms with E-state index in [1.54, 1.807) is 30.5 Å². The summed E-state index contributed by atoms with van der Waals surface area (Å²) in [5.41, 5.74) is 0.974. The van der Waals surface area contributed by atoms with Crippen molar-refractivity contribution in [2.75, 3.05) is 5.32 Å². The number of nitrogens with one attached hydrogen (secondary N) is 2. The van der Waals surface area contributed by atoms with Gasteiger partial charge in [0.1, 0.15) is 5.82 Å². The number of hydrogen-bond donors (Lipinski definition) is 2. The van der Waals surface area contributed by atoms with Crippen molar-refractivity contribution in [3.63, 3.8) is 0 Å². The Balaban J connectivity index is 1.86. The van der Waals surface area contributed by atoms with Crippen LogP contribution in [0.3, 0.4) is 0 Å². The molecule has 0 saturated heterocycles. The minimum Gasteiger partial charge on any atom is -0.334 e. The van der Waals surface area contributed by atoms with E-state index in [0.29, 0.717) is 17.4 Å². The van der Waals surface area contributed by atoms with Crippen molar-refractivity contribution < 1.29 is 4.79 Å². The lowest BCUT2D eigenvalue weighted by Crippen LogP contribution is -2.28. The van der Waals surface area contributed by atoms with E-state index in [9.17, 15) is 4.79 Å². The molecule has 0 spiro atoms. The highest BCUT2D eigenvalue weighted by molar-refractivity contribution is 9.10. The number of benzene rings is 1. The first-order chi connectivity index (χ1) is 9.13. The molecule has 6 heteroatoms. The summed E-state index contributed by atoms with van der Waals surface area (Å²) >= 11 is 9.09. The molecule has 2 aromatic rings. The third-order valence-electron chi connectivity index (χ3n) is 2.33. The van der Waals surface area contributed by atoms with Crippen LogP contribution in [-0.2, 0) is 6.54 Å². The fraction of sp³-hybridized carbons (Fsp3) is 0.0769. The monoisotopic (exact) mass is 339 g/mol. The molecule has 98 valence electrons. The van der Waals surface area contributed by atoms with E-state index in [1.807, 2.05) is 12.1 Å². The smallest absolute Gasteiger partial charge is 0.320 e. The largest absolute Gasteiger partial charge is 0.334 e. The summed E-state index contributed by atoms with van der Waals surface area (Å²) in [5.74, 6) is 0.489. The summed E-state index contributed by atoms with van der Waals surface area (Å²) in [4.78, 5) is 15.7. The van der Waals surface area contributed by atoms with Crippen molar-refractivity contribution in [1.82, 2.24) is 10.3 Å². The van der Waals surface area contributed by atoms with Gasteiger partial charge in [0, 0.05) is 22.2 Å². The Bertz CT molecular complexity index is 574. The third-order valence-corrected chi connectivity index (χ3v) is 3.08. The van der Waals surface area contributed by atoms with E-state index in [2.05, 4.69) is 31.5 Å². The topological polar surface area (TPSA) is 54.0 Å². The van der Waals surface area contributed by atoms with E-state index in [0.717, 1.165) is 10.0 Å². The van der Waals surface area contributed by atoms with Crippen molar-refractivity contribution in [3.8, 4) is 0 Å². The highest BCUT2D eigenvalue weighted by Gasteiger charge is 2.03. The number of pyridine rings is 1. The van der Waals surface area contributed by atoms with Crippen molar-refractivity contribution in [3.05, 3.63) is 57.7 Å². The first kappa shape index (κ1) is 13.8. The number of halogens is 2. The van der Waals surface area contributed by atoms with Crippen LogP contribution in [-0.4, -0.2) is 11.0 Å². The fourth-order valence-electron chi connectivity index (χ4n) is 1.42. The van der Waals surface area contributed by atoms with Crippen LogP contribution in [0.1, 0.15) is 5.56 Å². The van der Waals surface area contributed by atoms with Gasteiger partial charge in [-0.1, -0.05) is 39.7 Å². The Morgan fingerprint density at radius 3 is 2.68 bits per heavy atom. The number of anilines is 1. The number of amides is 2. The molecular formula is C13H11BrClN3O. The van der Waals surface area contributed by atoms with E-state index >= 15 is 0 Å². The van der Waals surface area contributed by atoms with Gasteiger partial charge in [-0.05, 0) is 29.8 Å². The molecule has 2 N–H and O–H groups in total. The Hall–Kier alpha value is -1.59. The van der Waals surface area contributed by atoms with Crippen molar-refractivity contribution in [2.24, 2.45) is 0 Å². The van der Waals surface area contributed by atoms with Crippen LogP contribution in [0.5, 0.6) is 0 Å². The van der Waals surface area contributed by atoms with Crippen LogP contribution in [0.2, 0.25) is 5.02 Å². The lowest BCUT2D eigenvalue weighted by atomic mass is 10.2. The van der Waals surface area contributed by atoms with Gasteiger partial charge >= 0.3 is 6.03 Å². The second-order valence-electron chi connectivity index (χ2n) is 3.79. The average Bonchev–Trinajstić information content (AvgIpc) is 2.38. The van der Waals surface area contributed by atoms with Gasteiger partial charge in [-0.3, -0.25) is 5.32 Å². The normalized spacial score (nSPS) is 10.0. The Morgan fingerprint density at radius 1 is 1.26 bits per heavy atom. The summed E-state index contributed by atoms with van der Waals surface area (Å²) in [6.07, 6.45) is 1.61.